The fourth-order valence-corrected chi connectivity index (χ4v) is 7.08. The zero-order valence-electron chi connectivity index (χ0n) is 21.7. The van der Waals surface area contributed by atoms with Crippen molar-refractivity contribution < 1.29 is 32.9 Å². The minimum atomic E-state index is -4.11. The van der Waals surface area contributed by atoms with Gasteiger partial charge in [0.25, 0.3) is 0 Å². The summed E-state index contributed by atoms with van der Waals surface area (Å²) < 4.78 is 49.9. The second kappa shape index (κ2) is 11.7. The number of nitrogens with zero attached hydrogens (tertiary/aromatic N) is 1. The maximum Gasteiger partial charge on any atom is 0.244 e. The lowest BCUT2D eigenvalue weighted by Gasteiger charge is -2.37. The summed E-state index contributed by atoms with van der Waals surface area (Å²) in [5, 5.41) is 32.5. The van der Waals surface area contributed by atoms with Crippen LogP contribution in [0.3, 0.4) is 0 Å². The molecule has 1 heterocycles. The number of aliphatic hydroxyl groups is 3. The van der Waals surface area contributed by atoms with Crippen LogP contribution in [0, 0.1) is 11.2 Å². The predicted molar refractivity (Wildman–Crippen MR) is 149 cm³/mol. The monoisotopic (exact) mass is 590 g/mol. The molecule has 0 bridgehead atoms. The zero-order valence-corrected chi connectivity index (χ0v) is 23.3. The minimum Gasteiger partial charge on any atom is -0.492 e. The predicted octanol–water partition coefficient (Wildman–Crippen LogP) is 3.18. The third kappa shape index (κ3) is 6.49. The van der Waals surface area contributed by atoms with Gasteiger partial charge in [0, 0.05) is 42.2 Å². The van der Waals surface area contributed by atoms with Crippen molar-refractivity contribution >= 4 is 21.6 Å². The average molecular weight is 591 g/mol. The van der Waals surface area contributed by atoms with E-state index in [2.05, 4.69) is 4.72 Å². The topological polar surface area (TPSA) is 119 Å². The Hall–Kier alpha value is -2.57. The molecule has 0 saturated heterocycles. The van der Waals surface area contributed by atoms with E-state index in [9.17, 15) is 28.1 Å². The highest BCUT2D eigenvalue weighted by Crippen LogP contribution is 2.41. The fraction of sp³-hybridized carbons (Fsp3) is 0.379. The van der Waals surface area contributed by atoms with Crippen molar-refractivity contribution in [3.63, 3.8) is 0 Å². The molecule has 1 aliphatic heterocycles. The number of aliphatic hydroxyl groups excluding tert-OH is 3. The van der Waals surface area contributed by atoms with E-state index in [0.29, 0.717) is 23.7 Å². The zero-order chi connectivity index (χ0) is 28.5. The Kier molecular flexibility index (Phi) is 8.49. The Morgan fingerprint density at radius 1 is 1.02 bits per heavy atom. The van der Waals surface area contributed by atoms with E-state index >= 15 is 0 Å². The number of sulfonamides is 1. The van der Waals surface area contributed by atoms with Crippen LogP contribution in [0.25, 0.3) is 11.1 Å². The third-order valence-corrected chi connectivity index (χ3v) is 9.21. The molecule has 5 rings (SSSR count). The second-order valence-electron chi connectivity index (χ2n) is 10.8. The molecule has 4 atom stereocenters. The van der Waals surface area contributed by atoms with Gasteiger partial charge >= 0.3 is 0 Å². The molecule has 3 aromatic rings. The van der Waals surface area contributed by atoms with Crippen LogP contribution in [0.4, 0.5) is 4.39 Å². The third-order valence-electron chi connectivity index (χ3n) is 7.51. The van der Waals surface area contributed by atoms with Gasteiger partial charge in [-0.05, 0) is 54.3 Å². The van der Waals surface area contributed by atoms with Crippen LogP contribution in [0.5, 0.6) is 5.75 Å². The Morgan fingerprint density at radius 2 is 1.77 bits per heavy atom. The number of halogens is 2. The molecule has 0 radical (unpaired) electrons. The largest absolute Gasteiger partial charge is 0.492 e. The van der Waals surface area contributed by atoms with E-state index in [0.717, 1.165) is 5.56 Å². The summed E-state index contributed by atoms with van der Waals surface area (Å²) in [7, 11) is -4.11. The van der Waals surface area contributed by atoms with Crippen LogP contribution in [0.15, 0.2) is 71.6 Å². The lowest BCUT2D eigenvalue weighted by Crippen LogP contribution is -2.46. The first-order chi connectivity index (χ1) is 19.0. The first-order valence-electron chi connectivity index (χ1n) is 13.1. The Bertz CT molecular complexity index is 1460. The molecule has 1 aliphatic carbocycles. The molecule has 2 aliphatic rings. The van der Waals surface area contributed by atoms with Gasteiger partial charge in [0.1, 0.15) is 16.5 Å². The smallest absolute Gasteiger partial charge is 0.244 e. The quantitative estimate of drug-likeness (QED) is 0.370. The molecule has 1 unspecified atom stereocenters. The number of rotatable bonds is 3. The van der Waals surface area contributed by atoms with E-state index in [1.165, 1.54) is 24.3 Å². The highest BCUT2D eigenvalue weighted by atomic mass is 35.5. The molecule has 0 aromatic heterocycles. The van der Waals surface area contributed by atoms with Gasteiger partial charge in [0.2, 0.25) is 10.0 Å². The first-order valence-corrected chi connectivity index (χ1v) is 14.9. The normalized spacial score (nSPS) is 27.4. The SMILES string of the molecule is O=S1(=O)NC[C@H](O)CN(Cc2cccc(Cl)c2)CC2(COc3cc(-c4ccccc4F)ccc31)C[C@@H](O)[C@@H](O)C2. The Labute approximate surface area is 238 Å². The van der Waals surface area contributed by atoms with E-state index < -0.39 is 39.6 Å². The number of hydrogen-bond donors (Lipinski definition) is 4. The van der Waals surface area contributed by atoms with Crippen molar-refractivity contribution in [2.45, 2.75) is 42.6 Å². The Balaban J connectivity index is 1.54. The molecule has 11 heteroatoms. The van der Waals surface area contributed by atoms with Gasteiger partial charge in [-0.25, -0.2) is 17.5 Å². The highest BCUT2D eigenvalue weighted by Gasteiger charge is 2.46. The molecule has 8 nitrogen and oxygen atoms in total. The number of fused-ring (bicyclic) bond motifs is 1. The maximum absolute atomic E-state index is 14.6. The molecule has 1 spiro atoms. The van der Waals surface area contributed by atoms with Crippen molar-refractivity contribution in [1.82, 2.24) is 9.62 Å². The molecule has 3 aromatic carbocycles. The molecule has 1 saturated carbocycles. The van der Waals surface area contributed by atoms with Gasteiger partial charge in [0.05, 0.1) is 24.9 Å². The summed E-state index contributed by atoms with van der Waals surface area (Å²) in [6.07, 6.45) is -2.59. The molecule has 40 heavy (non-hydrogen) atoms. The molecular formula is C29H32ClFN2O6S. The van der Waals surface area contributed by atoms with Gasteiger partial charge in [-0.15, -0.1) is 0 Å². The van der Waals surface area contributed by atoms with Crippen LogP contribution >= 0.6 is 11.6 Å². The average Bonchev–Trinajstić information content (AvgIpc) is 3.18. The van der Waals surface area contributed by atoms with Crippen LogP contribution in [-0.2, 0) is 16.6 Å². The minimum absolute atomic E-state index is 0.0139. The number of β-amino-alcohol motifs (C(OH)–C–C–N with tert-alkyl or cyclic N) is 1. The fourth-order valence-electron chi connectivity index (χ4n) is 5.67. The standard InChI is InChI=1S/C29H32ClFN2O6S/c30-21-5-3-4-19(10-21)15-33-16-22(34)14-32-40(37,38)28-9-8-20(23-6-1-2-7-24(23)31)11-27(28)39-18-29(17-33)12-25(35)26(36)13-29/h1-11,22,25-26,32,34-36H,12-18H2/t22-,25-,26+,29?/m0/s1. The number of ether oxygens (including phenoxy) is 1. The van der Waals surface area contributed by atoms with Crippen LogP contribution in [0.1, 0.15) is 18.4 Å². The second-order valence-corrected chi connectivity index (χ2v) is 13.0. The highest BCUT2D eigenvalue weighted by molar-refractivity contribution is 7.89. The van der Waals surface area contributed by atoms with E-state index in [1.54, 1.807) is 24.3 Å². The Morgan fingerprint density at radius 3 is 2.50 bits per heavy atom. The van der Waals surface area contributed by atoms with Gasteiger partial charge < -0.3 is 20.1 Å². The lowest BCUT2D eigenvalue weighted by atomic mass is 9.85. The number of hydrogen-bond acceptors (Lipinski definition) is 7. The van der Waals surface area contributed by atoms with E-state index in [-0.39, 0.29) is 48.7 Å². The molecule has 0 amide bonds. The van der Waals surface area contributed by atoms with Crippen molar-refractivity contribution in [1.29, 1.82) is 0 Å². The molecule has 214 valence electrons. The summed E-state index contributed by atoms with van der Waals surface area (Å²) in [5.74, 6) is -0.449. The van der Waals surface area contributed by atoms with Gasteiger partial charge in [0.15, 0.2) is 0 Å². The number of benzene rings is 3. The lowest BCUT2D eigenvalue weighted by molar-refractivity contribution is 0.0427. The van der Waals surface area contributed by atoms with Crippen molar-refractivity contribution in [2.75, 3.05) is 26.2 Å². The van der Waals surface area contributed by atoms with Crippen molar-refractivity contribution in [3.8, 4) is 16.9 Å². The van der Waals surface area contributed by atoms with Crippen LogP contribution in [0.2, 0.25) is 5.02 Å². The van der Waals surface area contributed by atoms with Gasteiger partial charge in [-0.3, -0.25) is 4.90 Å². The summed E-state index contributed by atoms with van der Waals surface area (Å²) in [6.45, 7) is 0.599. The maximum atomic E-state index is 14.6. The summed E-state index contributed by atoms with van der Waals surface area (Å²) in [6, 6.07) is 17.8. The molecule has 1 fully saturated rings. The van der Waals surface area contributed by atoms with Crippen LogP contribution < -0.4 is 9.46 Å². The van der Waals surface area contributed by atoms with Crippen molar-refractivity contribution in [3.05, 3.63) is 83.1 Å². The van der Waals surface area contributed by atoms with Gasteiger partial charge in [-0.2, -0.15) is 0 Å². The summed E-state index contributed by atoms with van der Waals surface area (Å²) in [4.78, 5) is 1.81. The van der Waals surface area contributed by atoms with Crippen molar-refractivity contribution in [2.24, 2.45) is 5.41 Å². The number of nitrogens with one attached hydrogen (secondary N) is 1. The summed E-state index contributed by atoms with van der Waals surface area (Å²) >= 11 is 6.19. The molecular weight excluding hydrogens is 559 g/mol. The van der Waals surface area contributed by atoms with E-state index in [4.69, 9.17) is 16.3 Å². The summed E-state index contributed by atoms with van der Waals surface area (Å²) in [5.41, 5.74) is 0.846. The first kappa shape index (κ1) is 28.9. The molecule has 4 N–H and O–H groups in total. The van der Waals surface area contributed by atoms with Crippen LogP contribution in [-0.4, -0.2) is 73.2 Å². The van der Waals surface area contributed by atoms with E-state index in [1.807, 2.05) is 23.1 Å². The van der Waals surface area contributed by atoms with Gasteiger partial charge in [-0.1, -0.05) is 48.0 Å².